The topological polar surface area (TPSA) is 29.3 Å². The van der Waals surface area contributed by atoms with Gasteiger partial charge in [-0.25, -0.2) is 4.39 Å². The third-order valence-corrected chi connectivity index (χ3v) is 5.09. The molecule has 20 heavy (non-hydrogen) atoms. The van der Waals surface area contributed by atoms with E-state index in [1.54, 1.807) is 12.1 Å². The van der Waals surface area contributed by atoms with Gasteiger partial charge < -0.3 is 5.73 Å². The highest BCUT2D eigenvalue weighted by Crippen LogP contribution is 2.39. The van der Waals surface area contributed by atoms with Gasteiger partial charge in [0.05, 0.1) is 0 Å². The van der Waals surface area contributed by atoms with Crippen LogP contribution in [0, 0.1) is 11.7 Å². The molecule has 3 heteroatoms. The summed E-state index contributed by atoms with van der Waals surface area (Å²) in [6, 6.07) is 6.90. The Morgan fingerprint density at radius 2 is 2.20 bits per heavy atom. The standard InChI is InChI=1S/C17H27FN2/c1-3-15-8-4-5-10-17(15,13-19)20(2)12-14-7-6-9-16(18)11-14/h6-7,9,11,15H,3-5,8,10,12-13,19H2,1-2H3. The van der Waals surface area contributed by atoms with Gasteiger partial charge in [0.25, 0.3) is 0 Å². The Hall–Kier alpha value is -0.930. The lowest BCUT2D eigenvalue weighted by molar-refractivity contribution is 0.0177. The number of rotatable bonds is 5. The molecule has 0 spiro atoms. The summed E-state index contributed by atoms with van der Waals surface area (Å²) >= 11 is 0. The van der Waals surface area contributed by atoms with Crippen LogP contribution < -0.4 is 5.73 Å². The van der Waals surface area contributed by atoms with Crippen molar-refractivity contribution < 1.29 is 4.39 Å². The SMILES string of the molecule is CCC1CCCCC1(CN)N(C)Cc1cccc(F)c1. The molecule has 1 aliphatic carbocycles. The van der Waals surface area contributed by atoms with Crippen LogP contribution in [0.4, 0.5) is 4.39 Å². The molecule has 1 saturated carbocycles. The van der Waals surface area contributed by atoms with Crippen LogP contribution in [0.15, 0.2) is 24.3 Å². The van der Waals surface area contributed by atoms with Gasteiger partial charge in [0.15, 0.2) is 0 Å². The Morgan fingerprint density at radius 1 is 1.40 bits per heavy atom. The molecular formula is C17H27FN2. The highest BCUT2D eigenvalue weighted by molar-refractivity contribution is 5.17. The van der Waals surface area contributed by atoms with Crippen LogP contribution >= 0.6 is 0 Å². The summed E-state index contributed by atoms with van der Waals surface area (Å²) < 4.78 is 13.3. The van der Waals surface area contributed by atoms with Gasteiger partial charge >= 0.3 is 0 Å². The van der Waals surface area contributed by atoms with E-state index in [-0.39, 0.29) is 11.4 Å². The summed E-state index contributed by atoms with van der Waals surface area (Å²) in [4.78, 5) is 2.37. The van der Waals surface area contributed by atoms with Crippen LogP contribution in [-0.4, -0.2) is 24.0 Å². The quantitative estimate of drug-likeness (QED) is 0.892. The van der Waals surface area contributed by atoms with Gasteiger partial charge in [-0.05, 0) is 43.5 Å². The second kappa shape index (κ2) is 6.68. The lowest BCUT2D eigenvalue weighted by atomic mass is 9.70. The van der Waals surface area contributed by atoms with Crippen molar-refractivity contribution in [2.75, 3.05) is 13.6 Å². The normalized spacial score (nSPS) is 26.9. The summed E-state index contributed by atoms with van der Waals surface area (Å²) in [6.07, 6.45) is 6.16. The van der Waals surface area contributed by atoms with Crippen molar-refractivity contribution in [3.8, 4) is 0 Å². The summed E-state index contributed by atoms with van der Waals surface area (Å²) in [5, 5.41) is 0. The average Bonchev–Trinajstić information content (AvgIpc) is 2.46. The molecule has 2 atom stereocenters. The number of likely N-dealkylation sites (N-methyl/N-ethyl adjacent to an activating group) is 1. The number of nitrogens with zero attached hydrogens (tertiary/aromatic N) is 1. The number of nitrogens with two attached hydrogens (primary N) is 1. The third kappa shape index (κ3) is 3.04. The Balaban J connectivity index is 2.17. The number of benzene rings is 1. The fourth-order valence-electron chi connectivity index (χ4n) is 3.87. The second-order valence-corrected chi connectivity index (χ2v) is 6.14. The maximum atomic E-state index is 13.3. The van der Waals surface area contributed by atoms with Crippen LogP contribution in [0.2, 0.25) is 0 Å². The van der Waals surface area contributed by atoms with E-state index < -0.39 is 0 Å². The van der Waals surface area contributed by atoms with Crippen molar-refractivity contribution in [3.05, 3.63) is 35.6 Å². The molecule has 1 aromatic carbocycles. The van der Waals surface area contributed by atoms with Crippen molar-refractivity contribution in [2.45, 2.75) is 51.1 Å². The van der Waals surface area contributed by atoms with Crippen LogP contribution in [0.25, 0.3) is 0 Å². The van der Waals surface area contributed by atoms with Gasteiger partial charge in [-0.15, -0.1) is 0 Å². The highest BCUT2D eigenvalue weighted by Gasteiger charge is 2.41. The largest absolute Gasteiger partial charge is 0.329 e. The summed E-state index contributed by atoms with van der Waals surface area (Å²) in [5.41, 5.74) is 7.28. The van der Waals surface area contributed by atoms with Crippen molar-refractivity contribution in [1.82, 2.24) is 4.90 Å². The third-order valence-electron chi connectivity index (χ3n) is 5.09. The fourth-order valence-corrected chi connectivity index (χ4v) is 3.87. The molecule has 0 saturated heterocycles. The summed E-state index contributed by atoms with van der Waals surface area (Å²) in [6.45, 7) is 3.72. The zero-order valence-corrected chi connectivity index (χ0v) is 12.7. The van der Waals surface area contributed by atoms with E-state index in [1.165, 1.54) is 31.7 Å². The summed E-state index contributed by atoms with van der Waals surface area (Å²) in [5.74, 6) is 0.494. The summed E-state index contributed by atoms with van der Waals surface area (Å²) in [7, 11) is 2.14. The molecule has 0 heterocycles. The van der Waals surface area contributed by atoms with E-state index >= 15 is 0 Å². The molecule has 1 aliphatic rings. The van der Waals surface area contributed by atoms with Crippen LogP contribution in [0.5, 0.6) is 0 Å². The van der Waals surface area contributed by atoms with Gasteiger partial charge in [-0.1, -0.05) is 38.3 Å². The number of hydrogen-bond acceptors (Lipinski definition) is 2. The Morgan fingerprint density at radius 3 is 2.85 bits per heavy atom. The Bertz CT molecular complexity index is 435. The average molecular weight is 278 g/mol. The van der Waals surface area contributed by atoms with E-state index in [1.807, 2.05) is 6.07 Å². The minimum absolute atomic E-state index is 0.0827. The number of halogens is 1. The molecule has 2 rings (SSSR count). The highest BCUT2D eigenvalue weighted by atomic mass is 19.1. The van der Waals surface area contributed by atoms with Crippen LogP contribution in [0.3, 0.4) is 0 Å². The zero-order chi connectivity index (χ0) is 14.6. The minimum Gasteiger partial charge on any atom is -0.329 e. The molecule has 0 aromatic heterocycles. The molecule has 1 fully saturated rings. The van der Waals surface area contributed by atoms with Gasteiger partial charge in [-0.3, -0.25) is 4.90 Å². The van der Waals surface area contributed by atoms with E-state index in [0.29, 0.717) is 12.5 Å². The molecular weight excluding hydrogens is 251 g/mol. The van der Waals surface area contributed by atoms with Crippen molar-refractivity contribution in [2.24, 2.45) is 11.7 Å². The molecule has 0 amide bonds. The van der Waals surface area contributed by atoms with Gasteiger partial charge in [-0.2, -0.15) is 0 Å². The van der Waals surface area contributed by atoms with E-state index in [9.17, 15) is 4.39 Å². The molecule has 0 radical (unpaired) electrons. The van der Waals surface area contributed by atoms with Crippen LogP contribution in [-0.2, 0) is 6.54 Å². The van der Waals surface area contributed by atoms with Crippen molar-refractivity contribution in [3.63, 3.8) is 0 Å². The lowest BCUT2D eigenvalue weighted by Crippen LogP contribution is -2.58. The van der Waals surface area contributed by atoms with E-state index in [0.717, 1.165) is 18.5 Å². The number of hydrogen-bond donors (Lipinski definition) is 1. The Kier molecular flexibility index (Phi) is 5.17. The predicted octanol–water partition coefficient (Wildman–Crippen LogP) is 3.56. The van der Waals surface area contributed by atoms with Gasteiger partial charge in [0, 0.05) is 18.6 Å². The lowest BCUT2D eigenvalue weighted by Gasteiger charge is -2.49. The molecule has 2 N–H and O–H groups in total. The van der Waals surface area contributed by atoms with E-state index in [4.69, 9.17) is 5.73 Å². The van der Waals surface area contributed by atoms with Gasteiger partial charge in [0.2, 0.25) is 0 Å². The minimum atomic E-state index is -0.159. The molecule has 1 aromatic rings. The first-order chi connectivity index (χ1) is 9.62. The first-order valence-corrected chi connectivity index (χ1v) is 7.78. The Labute approximate surface area is 122 Å². The zero-order valence-electron chi connectivity index (χ0n) is 12.7. The molecule has 0 bridgehead atoms. The maximum Gasteiger partial charge on any atom is 0.123 e. The van der Waals surface area contributed by atoms with E-state index in [2.05, 4.69) is 18.9 Å². The van der Waals surface area contributed by atoms with Gasteiger partial charge in [0.1, 0.15) is 5.82 Å². The second-order valence-electron chi connectivity index (χ2n) is 6.14. The van der Waals surface area contributed by atoms with Crippen molar-refractivity contribution in [1.29, 1.82) is 0 Å². The maximum absolute atomic E-state index is 13.3. The predicted molar refractivity (Wildman–Crippen MR) is 81.9 cm³/mol. The first kappa shape index (κ1) is 15.5. The molecule has 0 aliphatic heterocycles. The monoisotopic (exact) mass is 278 g/mol. The first-order valence-electron chi connectivity index (χ1n) is 7.78. The van der Waals surface area contributed by atoms with Crippen LogP contribution in [0.1, 0.15) is 44.6 Å². The fraction of sp³-hybridized carbons (Fsp3) is 0.647. The molecule has 2 nitrogen and oxygen atoms in total. The molecule has 2 unspecified atom stereocenters. The molecule has 112 valence electrons. The van der Waals surface area contributed by atoms with Crippen molar-refractivity contribution >= 4 is 0 Å². The smallest absolute Gasteiger partial charge is 0.123 e.